The quantitative estimate of drug-likeness (QED) is 0.792. The van der Waals surface area contributed by atoms with Gasteiger partial charge in [-0.15, -0.1) is 0 Å². The molecule has 4 unspecified atom stereocenters. The van der Waals surface area contributed by atoms with Crippen LogP contribution in [0.5, 0.6) is 0 Å². The highest BCUT2D eigenvalue weighted by Crippen LogP contribution is 2.61. The summed E-state index contributed by atoms with van der Waals surface area (Å²) in [6.07, 6.45) is 6.90. The molecule has 0 spiro atoms. The highest BCUT2D eigenvalue weighted by molar-refractivity contribution is 6.45. The molecule has 120 valence electrons. The number of hydrogen-bond donors (Lipinski definition) is 0. The molecule has 23 heavy (non-hydrogen) atoms. The van der Waals surface area contributed by atoms with Crippen LogP contribution >= 0.6 is 0 Å². The smallest absolute Gasteiger partial charge is 0.457 e. The normalized spacial score (nSPS) is 34.4. The summed E-state index contributed by atoms with van der Waals surface area (Å²) in [5.41, 5.74) is 2.67. The average Bonchev–Trinajstić information content (AvgIpc) is 3.15. The predicted molar refractivity (Wildman–Crippen MR) is 90.2 cm³/mol. The molecule has 2 bridgehead atoms. The molecule has 4 atom stereocenters. The third kappa shape index (κ3) is 2.04. The predicted octanol–water partition coefficient (Wildman–Crippen LogP) is 4.31. The van der Waals surface area contributed by atoms with Gasteiger partial charge in [-0.3, -0.25) is 0 Å². The highest BCUT2D eigenvalue weighted by atomic mass is 16.7. The van der Waals surface area contributed by atoms with Gasteiger partial charge in [0.15, 0.2) is 0 Å². The Kier molecular flexibility index (Phi) is 2.99. The summed E-state index contributed by atoms with van der Waals surface area (Å²) in [4.78, 5) is 0. The van der Waals surface area contributed by atoms with Crippen LogP contribution in [0.2, 0.25) is 6.32 Å². The van der Waals surface area contributed by atoms with Crippen LogP contribution in [0.15, 0.2) is 34.9 Å². The summed E-state index contributed by atoms with van der Waals surface area (Å²) in [7, 11) is -0.0474. The van der Waals surface area contributed by atoms with Crippen molar-refractivity contribution in [3.05, 3.63) is 36.1 Å². The lowest BCUT2D eigenvalue weighted by molar-refractivity contribution is -0.150. The summed E-state index contributed by atoms with van der Waals surface area (Å²) >= 11 is 0. The first kappa shape index (κ1) is 14.1. The van der Waals surface area contributed by atoms with Crippen LogP contribution in [0, 0.1) is 17.3 Å². The van der Waals surface area contributed by atoms with Gasteiger partial charge < -0.3 is 13.7 Å². The monoisotopic (exact) mass is 310 g/mol. The highest BCUT2D eigenvalue weighted by Gasteiger charge is 2.61. The summed E-state index contributed by atoms with van der Waals surface area (Å²) < 4.78 is 18.2. The van der Waals surface area contributed by atoms with Gasteiger partial charge in [0.1, 0.15) is 5.58 Å². The third-order valence-electron chi connectivity index (χ3n) is 6.67. The molecule has 2 heterocycles. The molecular weight excluding hydrogens is 287 g/mol. The molecule has 2 aromatic rings. The van der Waals surface area contributed by atoms with Gasteiger partial charge in [-0.05, 0) is 54.5 Å². The van der Waals surface area contributed by atoms with Gasteiger partial charge in [0.2, 0.25) is 0 Å². The topological polar surface area (TPSA) is 31.6 Å². The van der Waals surface area contributed by atoms with Crippen molar-refractivity contribution in [3.63, 3.8) is 0 Å². The minimum atomic E-state index is -0.0474. The lowest BCUT2D eigenvalue weighted by Gasteiger charge is -2.60. The molecular formula is C19H23BO3. The Bertz CT molecular complexity index is 737. The molecule has 1 aromatic heterocycles. The molecule has 3 saturated carbocycles. The zero-order valence-electron chi connectivity index (χ0n) is 13.8. The number of furan rings is 1. The fourth-order valence-corrected chi connectivity index (χ4v) is 5.04. The molecule has 4 heteroatoms. The van der Waals surface area contributed by atoms with Gasteiger partial charge in [-0.2, -0.15) is 0 Å². The van der Waals surface area contributed by atoms with Crippen LogP contribution < -0.4 is 0 Å². The molecule has 6 rings (SSSR count). The maximum Gasteiger partial charge on any atom is 0.457 e. The number of fused-ring (bicyclic) bond motifs is 1. The van der Waals surface area contributed by atoms with E-state index >= 15 is 0 Å². The molecule has 0 N–H and O–H groups in total. The van der Waals surface area contributed by atoms with E-state index in [4.69, 9.17) is 13.7 Å². The molecule has 1 saturated heterocycles. The van der Waals surface area contributed by atoms with Gasteiger partial charge in [-0.25, -0.2) is 0 Å². The van der Waals surface area contributed by atoms with Crippen LogP contribution in [0.25, 0.3) is 11.0 Å². The van der Waals surface area contributed by atoms with Crippen molar-refractivity contribution >= 4 is 18.1 Å². The van der Waals surface area contributed by atoms with Gasteiger partial charge in [0.25, 0.3) is 0 Å². The maximum atomic E-state index is 6.31. The van der Waals surface area contributed by atoms with Crippen molar-refractivity contribution in [1.29, 1.82) is 0 Å². The Hall–Kier alpha value is -1.26. The minimum Gasteiger partial charge on any atom is -0.464 e. The van der Waals surface area contributed by atoms with Gasteiger partial charge >= 0.3 is 7.12 Å². The lowest BCUT2D eigenvalue weighted by atomic mass is 9.47. The van der Waals surface area contributed by atoms with Gasteiger partial charge in [0, 0.05) is 5.39 Å². The maximum absolute atomic E-state index is 6.31. The van der Waals surface area contributed by atoms with Crippen LogP contribution in [-0.4, -0.2) is 19.3 Å². The van der Waals surface area contributed by atoms with Crippen molar-refractivity contribution in [3.8, 4) is 0 Å². The number of benzene rings is 1. The van der Waals surface area contributed by atoms with E-state index in [9.17, 15) is 0 Å². The van der Waals surface area contributed by atoms with Gasteiger partial charge in [0.05, 0.1) is 18.5 Å². The Morgan fingerprint density at radius 3 is 2.91 bits per heavy atom. The summed E-state index contributed by atoms with van der Waals surface area (Å²) in [5, 5.41) is 1.21. The number of aryl methyl sites for hydroxylation is 1. The zero-order chi connectivity index (χ0) is 15.6. The van der Waals surface area contributed by atoms with Crippen molar-refractivity contribution in [2.75, 3.05) is 0 Å². The first-order chi connectivity index (χ1) is 11.1. The molecule has 0 amide bonds. The number of rotatable bonds is 3. The van der Waals surface area contributed by atoms with E-state index in [0.29, 0.717) is 23.5 Å². The first-order valence-electron chi connectivity index (χ1n) is 8.89. The molecule has 1 aliphatic heterocycles. The second-order valence-electron chi connectivity index (χ2n) is 8.10. The fraction of sp³-hybridized carbons (Fsp3) is 0.579. The first-order valence-corrected chi connectivity index (χ1v) is 8.89. The van der Waals surface area contributed by atoms with Crippen LogP contribution in [0.1, 0.15) is 32.3 Å². The van der Waals surface area contributed by atoms with Crippen molar-refractivity contribution in [1.82, 2.24) is 0 Å². The molecule has 4 aliphatic rings. The summed E-state index contributed by atoms with van der Waals surface area (Å²) in [5.74, 6) is 1.51. The lowest BCUT2D eigenvalue weighted by Crippen LogP contribution is -2.59. The van der Waals surface area contributed by atoms with E-state index in [1.807, 2.05) is 18.4 Å². The number of para-hydroxylation sites is 1. The fourth-order valence-electron chi connectivity index (χ4n) is 5.04. The SMILES string of the molecule is CC1(C)C2CC3OB(CCc4coc5ccccc45)OC3C1C2. The Balaban J connectivity index is 1.27. The second-order valence-corrected chi connectivity index (χ2v) is 8.10. The second kappa shape index (κ2) is 4.87. The zero-order valence-corrected chi connectivity index (χ0v) is 13.8. The molecule has 0 radical (unpaired) electrons. The van der Waals surface area contributed by atoms with Crippen molar-refractivity contribution in [2.24, 2.45) is 17.3 Å². The Morgan fingerprint density at radius 2 is 2.04 bits per heavy atom. The van der Waals surface area contributed by atoms with Crippen LogP contribution in [-0.2, 0) is 15.7 Å². The van der Waals surface area contributed by atoms with Crippen molar-refractivity contribution < 1.29 is 13.7 Å². The van der Waals surface area contributed by atoms with Crippen molar-refractivity contribution in [2.45, 2.75) is 51.6 Å². The molecule has 3 aliphatic carbocycles. The summed E-state index contributed by atoms with van der Waals surface area (Å²) in [6, 6.07) is 8.22. The van der Waals surface area contributed by atoms with E-state index in [0.717, 1.165) is 24.2 Å². The molecule has 4 fully saturated rings. The third-order valence-corrected chi connectivity index (χ3v) is 6.67. The Labute approximate surface area is 137 Å². The average molecular weight is 310 g/mol. The minimum absolute atomic E-state index is 0.0474. The van der Waals surface area contributed by atoms with Crippen LogP contribution in [0.3, 0.4) is 0 Å². The standard InChI is InChI=1S/C19H23BO3/c1-19(2)13-9-15(19)18-17(10-13)22-20(23-18)8-7-12-11-21-16-6-4-3-5-14(12)16/h3-6,11,13,15,17-18H,7-10H2,1-2H3. The van der Waals surface area contributed by atoms with Gasteiger partial charge in [-0.1, -0.05) is 32.0 Å². The molecule has 3 nitrogen and oxygen atoms in total. The molecule has 1 aromatic carbocycles. The van der Waals surface area contributed by atoms with E-state index < -0.39 is 0 Å². The number of hydrogen-bond acceptors (Lipinski definition) is 3. The van der Waals surface area contributed by atoms with E-state index in [2.05, 4.69) is 26.0 Å². The summed E-state index contributed by atoms with van der Waals surface area (Å²) in [6.45, 7) is 4.80. The Morgan fingerprint density at radius 1 is 1.17 bits per heavy atom. The van der Waals surface area contributed by atoms with E-state index in [1.54, 1.807) is 0 Å². The van der Waals surface area contributed by atoms with E-state index in [1.165, 1.54) is 23.8 Å². The largest absolute Gasteiger partial charge is 0.464 e. The van der Waals surface area contributed by atoms with Crippen LogP contribution in [0.4, 0.5) is 0 Å². The van der Waals surface area contributed by atoms with E-state index in [-0.39, 0.29) is 7.12 Å².